The largest absolute Gasteiger partial charge is 0.493 e. The number of aromatic nitrogens is 2. The van der Waals surface area contributed by atoms with E-state index in [0.717, 1.165) is 12.0 Å². The van der Waals surface area contributed by atoms with E-state index in [4.69, 9.17) is 13.9 Å². The van der Waals surface area contributed by atoms with Gasteiger partial charge in [-0.2, -0.15) is 0 Å². The molecule has 27 heavy (non-hydrogen) atoms. The molecule has 0 unspecified atom stereocenters. The van der Waals surface area contributed by atoms with Crippen molar-refractivity contribution in [3.05, 3.63) is 53.6 Å². The Balaban J connectivity index is 1.67. The summed E-state index contributed by atoms with van der Waals surface area (Å²) in [4.78, 5) is 12.2. The molecule has 1 N–H and O–H groups in total. The van der Waals surface area contributed by atoms with Crippen molar-refractivity contribution < 1.29 is 18.7 Å². The fourth-order valence-electron chi connectivity index (χ4n) is 2.60. The van der Waals surface area contributed by atoms with Crippen LogP contribution in [-0.4, -0.2) is 30.3 Å². The van der Waals surface area contributed by atoms with Crippen LogP contribution in [0.1, 0.15) is 18.1 Å². The van der Waals surface area contributed by atoms with E-state index in [1.165, 1.54) is 5.56 Å². The molecule has 0 bridgehead atoms. The predicted octanol–water partition coefficient (Wildman–Crippen LogP) is 3.50. The lowest BCUT2D eigenvalue weighted by Gasteiger charge is -2.07. The number of carbonyl (C=O) groups excluding carboxylic acids is 1. The van der Waals surface area contributed by atoms with Gasteiger partial charge in [-0.3, -0.25) is 10.1 Å². The van der Waals surface area contributed by atoms with Gasteiger partial charge in [0.25, 0.3) is 0 Å². The number of benzene rings is 2. The molecule has 7 nitrogen and oxygen atoms in total. The lowest BCUT2D eigenvalue weighted by molar-refractivity contribution is -0.115. The van der Waals surface area contributed by atoms with E-state index < -0.39 is 0 Å². The van der Waals surface area contributed by atoms with E-state index in [9.17, 15) is 4.79 Å². The maximum Gasteiger partial charge on any atom is 0.322 e. The molecule has 1 aromatic heterocycles. The molecule has 3 aromatic rings. The number of ether oxygens (including phenoxy) is 2. The minimum absolute atomic E-state index is 0.0509. The van der Waals surface area contributed by atoms with Crippen LogP contribution >= 0.6 is 0 Å². The van der Waals surface area contributed by atoms with E-state index in [1.807, 2.05) is 24.3 Å². The topological polar surface area (TPSA) is 86.5 Å². The van der Waals surface area contributed by atoms with Gasteiger partial charge >= 0.3 is 6.01 Å². The normalized spacial score (nSPS) is 10.5. The Kier molecular flexibility index (Phi) is 5.71. The van der Waals surface area contributed by atoms with Gasteiger partial charge in [0.15, 0.2) is 11.5 Å². The van der Waals surface area contributed by atoms with Gasteiger partial charge in [0.1, 0.15) is 0 Å². The molecule has 0 fully saturated rings. The van der Waals surface area contributed by atoms with Crippen LogP contribution in [0.3, 0.4) is 0 Å². The van der Waals surface area contributed by atoms with Gasteiger partial charge in [-0.25, -0.2) is 0 Å². The van der Waals surface area contributed by atoms with Gasteiger partial charge in [-0.05, 0) is 35.7 Å². The first-order chi connectivity index (χ1) is 13.1. The van der Waals surface area contributed by atoms with Gasteiger partial charge < -0.3 is 13.9 Å². The van der Waals surface area contributed by atoms with E-state index in [1.54, 1.807) is 32.4 Å². The number of methoxy groups -OCH3 is 2. The molecule has 7 heteroatoms. The molecule has 0 aliphatic rings. The van der Waals surface area contributed by atoms with E-state index in [-0.39, 0.29) is 24.2 Å². The van der Waals surface area contributed by atoms with Gasteiger partial charge in [0.05, 0.1) is 20.6 Å². The van der Waals surface area contributed by atoms with Gasteiger partial charge in [-0.1, -0.05) is 36.3 Å². The first-order valence-electron chi connectivity index (χ1n) is 8.56. The average molecular weight is 367 g/mol. The number of aryl methyl sites for hydroxylation is 1. The minimum Gasteiger partial charge on any atom is -0.493 e. The van der Waals surface area contributed by atoms with Gasteiger partial charge in [0, 0.05) is 5.56 Å². The Morgan fingerprint density at radius 2 is 1.70 bits per heavy atom. The Bertz CT molecular complexity index is 919. The molecule has 0 spiro atoms. The number of rotatable bonds is 7. The maximum absolute atomic E-state index is 12.2. The molecule has 0 saturated heterocycles. The van der Waals surface area contributed by atoms with E-state index in [2.05, 4.69) is 22.4 Å². The number of amides is 1. The van der Waals surface area contributed by atoms with Crippen molar-refractivity contribution in [2.45, 2.75) is 19.8 Å². The average Bonchev–Trinajstić information content (AvgIpc) is 3.16. The number of nitrogens with one attached hydrogen (secondary N) is 1. The monoisotopic (exact) mass is 367 g/mol. The third-order valence-corrected chi connectivity index (χ3v) is 4.10. The van der Waals surface area contributed by atoms with Crippen LogP contribution < -0.4 is 14.8 Å². The molecule has 2 aromatic carbocycles. The van der Waals surface area contributed by atoms with Gasteiger partial charge in [-0.15, -0.1) is 5.10 Å². The molecule has 0 aliphatic carbocycles. The van der Waals surface area contributed by atoms with Crippen molar-refractivity contribution in [1.82, 2.24) is 10.2 Å². The third-order valence-electron chi connectivity index (χ3n) is 4.10. The van der Waals surface area contributed by atoms with Crippen molar-refractivity contribution in [2.24, 2.45) is 0 Å². The number of anilines is 1. The summed E-state index contributed by atoms with van der Waals surface area (Å²) in [5.74, 6) is 1.21. The quantitative estimate of drug-likeness (QED) is 0.688. The first-order valence-corrected chi connectivity index (χ1v) is 8.56. The van der Waals surface area contributed by atoms with Crippen molar-refractivity contribution in [2.75, 3.05) is 19.5 Å². The summed E-state index contributed by atoms with van der Waals surface area (Å²) in [6, 6.07) is 13.2. The highest BCUT2D eigenvalue weighted by Gasteiger charge is 2.14. The maximum atomic E-state index is 12.2. The molecule has 0 radical (unpaired) electrons. The van der Waals surface area contributed by atoms with Crippen molar-refractivity contribution in [3.63, 3.8) is 0 Å². The SMILES string of the molecule is CCc1ccc(CC(=O)Nc2nnc(-c3ccc(OC)c(OC)c3)o2)cc1. The summed E-state index contributed by atoms with van der Waals surface area (Å²) in [7, 11) is 3.11. The highest BCUT2D eigenvalue weighted by molar-refractivity contribution is 5.90. The van der Waals surface area contributed by atoms with Crippen LogP contribution in [0.4, 0.5) is 6.01 Å². The van der Waals surface area contributed by atoms with Crippen LogP contribution in [0.15, 0.2) is 46.9 Å². The highest BCUT2D eigenvalue weighted by Crippen LogP contribution is 2.32. The lowest BCUT2D eigenvalue weighted by Crippen LogP contribution is -2.14. The zero-order valence-corrected chi connectivity index (χ0v) is 15.5. The zero-order chi connectivity index (χ0) is 19.2. The third kappa shape index (κ3) is 4.44. The van der Waals surface area contributed by atoms with Crippen molar-refractivity contribution in [3.8, 4) is 23.0 Å². The Hall–Kier alpha value is -3.35. The van der Waals surface area contributed by atoms with Crippen LogP contribution in [-0.2, 0) is 17.6 Å². The standard InChI is InChI=1S/C20H21N3O4/c1-4-13-5-7-14(8-6-13)11-18(24)21-20-23-22-19(27-20)15-9-10-16(25-2)17(12-15)26-3/h5-10,12H,4,11H2,1-3H3,(H,21,23,24). The van der Waals surface area contributed by atoms with Crippen LogP contribution in [0, 0.1) is 0 Å². The molecule has 0 saturated carbocycles. The lowest BCUT2D eigenvalue weighted by atomic mass is 10.1. The molecule has 1 heterocycles. The predicted molar refractivity (Wildman–Crippen MR) is 101 cm³/mol. The number of hydrogen-bond acceptors (Lipinski definition) is 6. The number of hydrogen-bond donors (Lipinski definition) is 1. The van der Waals surface area contributed by atoms with Crippen molar-refractivity contribution in [1.29, 1.82) is 0 Å². The number of nitrogens with zero attached hydrogens (tertiary/aromatic N) is 2. The highest BCUT2D eigenvalue weighted by atomic mass is 16.5. The molecule has 0 aliphatic heterocycles. The Morgan fingerprint density at radius 3 is 2.37 bits per heavy atom. The fraction of sp³-hybridized carbons (Fsp3) is 0.250. The second-order valence-corrected chi connectivity index (χ2v) is 5.88. The summed E-state index contributed by atoms with van der Waals surface area (Å²) < 4.78 is 16.0. The summed E-state index contributed by atoms with van der Waals surface area (Å²) in [5.41, 5.74) is 2.82. The molecule has 3 rings (SSSR count). The first kappa shape index (κ1) is 18.4. The van der Waals surface area contributed by atoms with Crippen LogP contribution in [0.5, 0.6) is 11.5 Å². The summed E-state index contributed by atoms with van der Waals surface area (Å²) >= 11 is 0. The summed E-state index contributed by atoms with van der Waals surface area (Å²) in [5, 5.41) is 10.5. The van der Waals surface area contributed by atoms with Crippen LogP contribution in [0.2, 0.25) is 0 Å². The Labute approximate surface area is 157 Å². The summed E-state index contributed by atoms with van der Waals surface area (Å²) in [6.45, 7) is 2.09. The number of carbonyl (C=O) groups is 1. The molecular weight excluding hydrogens is 346 g/mol. The van der Waals surface area contributed by atoms with Crippen LogP contribution in [0.25, 0.3) is 11.5 Å². The van der Waals surface area contributed by atoms with E-state index in [0.29, 0.717) is 17.1 Å². The zero-order valence-electron chi connectivity index (χ0n) is 15.5. The van der Waals surface area contributed by atoms with Crippen molar-refractivity contribution >= 4 is 11.9 Å². The molecule has 1 amide bonds. The smallest absolute Gasteiger partial charge is 0.322 e. The van der Waals surface area contributed by atoms with E-state index >= 15 is 0 Å². The molecule has 140 valence electrons. The minimum atomic E-state index is -0.221. The molecule has 0 atom stereocenters. The summed E-state index contributed by atoms with van der Waals surface area (Å²) in [6.07, 6.45) is 1.20. The van der Waals surface area contributed by atoms with Gasteiger partial charge in [0.2, 0.25) is 11.8 Å². The fourth-order valence-corrected chi connectivity index (χ4v) is 2.60. The Morgan fingerprint density at radius 1 is 1.00 bits per heavy atom. The molecular formula is C20H21N3O4. The second kappa shape index (κ2) is 8.35. The second-order valence-electron chi connectivity index (χ2n) is 5.88.